The van der Waals surface area contributed by atoms with Crippen LogP contribution in [0, 0.1) is 13.8 Å². The third kappa shape index (κ3) is 7.50. The van der Waals surface area contributed by atoms with Gasteiger partial charge in [-0.3, -0.25) is 18.7 Å². The van der Waals surface area contributed by atoms with E-state index in [-0.39, 0.29) is 22.5 Å². The molecule has 4 amide bonds. The van der Waals surface area contributed by atoms with E-state index in [2.05, 4.69) is 21.3 Å². The lowest BCUT2D eigenvalue weighted by Crippen LogP contribution is -2.21. The van der Waals surface area contributed by atoms with Gasteiger partial charge in [0.1, 0.15) is 9.79 Å². The predicted octanol–water partition coefficient (Wildman–Crippen LogP) is 6.66. The van der Waals surface area contributed by atoms with Crippen LogP contribution < -0.4 is 21.3 Å². The van der Waals surface area contributed by atoms with E-state index in [0.717, 1.165) is 12.1 Å². The van der Waals surface area contributed by atoms with Crippen molar-refractivity contribution in [1.82, 2.24) is 0 Å². The van der Waals surface area contributed by atoms with Crippen LogP contribution in [0.3, 0.4) is 0 Å². The topological polar surface area (TPSA) is 249 Å². The summed E-state index contributed by atoms with van der Waals surface area (Å²) in [6.45, 7) is 3.26. The number of phenolic OH excluding ortho intramolecular Hbond substituents is 2. The Morgan fingerprint density at radius 2 is 0.889 bits per heavy atom. The first-order valence-electron chi connectivity index (χ1n) is 15.8. The van der Waals surface area contributed by atoms with Crippen molar-refractivity contribution in [1.29, 1.82) is 0 Å². The van der Waals surface area contributed by atoms with E-state index >= 15 is 0 Å². The minimum Gasteiger partial charge on any atom is -0.504 e. The first-order valence-corrected chi connectivity index (χ1v) is 18.7. The number of benzene rings is 6. The van der Waals surface area contributed by atoms with Gasteiger partial charge in [0.05, 0.1) is 11.4 Å². The van der Waals surface area contributed by atoms with Crippen LogP contribution in [0.25, 0.3) is 21.5 Å². The summed E-state index contributed by atoms with van der Waals surface area (Å²) >= 11 is 0. The first-order chi connectivity index (χ1) is 25.4. The highest BCUT2D eigenvalue weighted by Crippen LogP contribution is 2.40. The number of amides is 4. The van der Waals surface area contributed by atoms with Gasteiger partial charge < -0.3 is 31.5 Å². The minimum atomic E-state index is -4.83. The van der Waals surface area contributed by atoms with Gasteiger partial charge in [0.2, 0.25) is 0 Å². The van der Waals surface area contributed by atoms with Gasteiger partial charge in [-0.15, -0.1) is 0 Å². The second-order valence-corrected chi connectivity index (χ2v) is 14.9. The number of aromatic hydroxyl groups is 2. The number of hydrogen-bond donors (Lipinski definition) is 8. The summed E-state index contributed by atoms with van der Waals surface area (Å²) in [5.74, 6) is -3.09. The fraction of sp³-hybridized carbons (Fsp3) is 0.0541. The summed E-state index contributed by atoms with van der Waals surface area (Å²) in [4.78, 5) is 37.9. The van der Waals surface area contributed by atoms with Crippen molar-refractivity contribution in [2.45, 2.75) is 23.6 Å². The number of hydrogen-bond acceptors (Lipinski definition) is 9. The van der Waals surface area contributed by atoms with Gasteiger partial charge >= 0.3 is 6.03 Å². The zero-order valence-corrected chi connectivity index (χ0v) is 29.8. The lowest BCUT2D eigenvalue weighted by molar-refractivity contribution is 0.101. The van der Waals surface area contributed by atoms with Crippen LogP contribution >= 0.6 is 0 Å². The first kappa shape index (κ1) is 37.2. The fourth-order valence-electron chi connectivity index (χ4n) is 5.81. The number of fused-ring (bicyclic) bond motifs is 2. The molecule has 6 rings (SSSR count). The lowest BCUT2D eigenvalue weighted by Gasteiger charge is -2.16. The van der Waals surface area contributed by atoms with Gasteiger partial charge in [0.25, 0.3) is 32.1 Å². The van der Waals surface area contributed by atoms with E-state index in [1.54, 1.807) is 62.4 Å². The normalized spacial score (nSPS) is 11.6. The Morgan fingerprint density at radius 1 is 0.519 bits per heavy atom. The maximum atomic E-state index is 13.2. The fourth-order valence-corrected chi connectivity index (χ4v) is 7.05. The third-order valence-corrected chi connectivity index (χ3v) is 10.2. The van der Waals surface area contributed by atoms with Crippen LogP contribution in [0.15, 0.2) is 107 Å². The van der Waals surface area contributed by atoms with Crippen molar-refractivity contribution in [3.63, 3.8) is 0 Å². The average Bonchev–Trinajstić information content (AvgIpc) is 3.11. The number of nitrogens with one attached hydrogen (secondary N) is 4. The van der Waals surface area contributed by atoms with Crippen molar-refractivity contribution in [3.8, 4) is 11.5 Å². The number of urea groups is 1. The maximum Gasteiger partial charge on any atom is 0.323 e. The molecule has 0 aliphatic heterocycles. The van der Waals surface area contributed by atoms with Gasteiger partial charge in [-0.1, -0.05) is 48.5 Å². The molecule has 0 unspecified atom stereocenters. The number of carbonyl (C=O) groups excluding carboxylic acids is 3. The molecule has 0 bridgehead atoms. The molecule has 8 N–H and O–H groups in total. The highest BCUT2D eigenvalue weighted by molar-refractivity contribution is 7.86. The zero-order chi connectivity index (χ0) is 39.1. The molecule has 0 saturated heterocycles. The molecule has 17 heteroatoms. The van der Waals surface area contributed by atoms with E-state index in [1.165, 1.54) is 36.4 Å². The SMILES string of the molecule is Cc1cc(C(=O)Nc2c(O)c(S(=O)(=O)O)cc3ccccc23)ccc1NC(=O)Nc1ccc(C(=O)Nc2c(O)c(S(=O)(=O)O)cc3ccccc23)cc1C. The molecule has 0 heterocycles. The van der Waals surface area contributed by atoms with E-state index in [1.807, 2.05) is 0 Å². The molecule has 0 atom stereocenters. The largest absolute Gasteiger partial charge is 0.504 e. The molecule has 0 fully saturated rings. The van der Waals surface area contributed by atoms with Gasteiger partial charge in [-0.05, 0) is 84.3 Å². The molecule has 276 valence electrons. The van der Waals surface area contributed by atoms with Crippen LogP contribution in [0.2, 0.25) is 0 Å². The Labute approximate surface area is 307 Å². The van der Waals surface area contributed by atoms with E-state index in [9.17, 15) is 50.5 Å². The van der Waals surface area contributed by atoms with E-state index < -0.39 is 59.4 Å². The third-order valence-electron chi connectivity index (χ3n) is 8.48. The lowest BCUT2D eigenvalue weighted by atomic mass is 10.1. The number of anilines is 4. The van der Waals surface area contributed by atoms with Gasteiger partial charge in [0.15, 0.2) is 11.5 Å². The molecule has 6 aromatic rings. The average molecular weight is 771 g/mol. The molecule has 0 aromatic heterocycles. The number of rotatable bonds is 8. The quantitative estimate of drug-likeness (QED) is 0.0600. The summed E-state index contributed by atoms with van der Waals surface area (Å²) in [6.07, 6.45) is 0. The summed E-state index contributed by atoms with van der Waals surface area (Å²) in [7, 11) is -9.65. The number of carbonyl (C=O) groups is 3. The molecule has 0 saturated carbocycles. The van der Waals surface area contributed by atoms with Crippen molar-refractivity contribution in [2.75, 3.05) is 21.3 Å². The van der Waals surface area contributed by atoms with Crippen molar-refractivity contribution in [2.24, 2.45) is 0 Å². The monoisotopic (exact) mass is 770 g/mol. The van der Waals surface area contributed by atoms with Crippen LogP contribution in [0.5, 0.6) is 11.5 Å². The Hall–Kier alpha value is -6.53. The smallest absolute Gasteiger partial charge is 0.323 e. The highest BCUT2D eigenvalue weighted by Gasteiger charge is 2.25. The van der Waals surface area contributed by atoms with Crippen molar-refractivity contribution in [3.05, 3.63) is 119 Å². The molecule has 6 aromatic carbocycles. The summed E-state index contributed by atoms with van der Waals surface area (Å²) < 4.78 is 66.8. The Morgan fingerprint density at radius 3 is 1.24 bits per heavy atom. The molecular formula is C37H30N4O11S2. The maximum absolute atomic E-state index is 13.2. The number of aryl methyl sites for hydroxylation is 2. The zero-order valence-electron chi connectivity index (χ0n) is 28.2. The molecule has 15 nitrogen and oxygen atoms in total. The van der Waals surface area contributed by atoms with Gasteiger partial charge in [0, 0.05) is 33.3 Å². The highest BCUT2D eigenvalue weighted by atomic mass is 32.2. The van der Waals surface area contributed by atoms with E-state index in [4.69, 9.17) is 0 Å². The standard InChI is InChI=1S/C37H30N4O11S2/c1-19-15-23(35(44)40-31-25-9-5-3-7-21(25)17-29(33(31)42)53(47,48)49)11-13-27(19)38-37(46)39-28-14-12-24(16-20(28)2)36(45)41-32-26-10-6-4-8-22(26)18-30(34(32)43)54(50,51)52/h3-18,42-43H,1-2H3,(H,40,44)(H,41,45)(H2,38,39,46)(H,47,48,49)(H,50,51,52). The second kappa shape index (κ2) is 14.1. The molecule has 0 radical (unpaired) electrons. The van der Waals surface area contributed by atoms with Crippen LogP contribution in [-0.4, -0.2) is 54.0 Å². The van der Waals surface area contributed by atoms with Crippen molar-refractivity contribution >= 4 is 82.4 Å². The van der Waals surface area contributed by atoms with Gasteiger partial charge in [-0.2, -0.15) is 16.8 Å². The molecule has 0 aliphatic carbocycles. The van der Waals surface area contributed by atoms with Crippen LogP contribution in [0.4, 0.5) is 27.5 Å². The second-order valence-electron chi connectivity index (χ2n) is 12.1. The van der Waals surface area contributed by atoms with Gasteiger partial charge in [-0.25, -0.2) is 4.79 Å². The number of phenols is 2. The van der Waals surface area contributed by atoms with Crippen molar-refractivity contribution < 1.29 is 50.5 Å². The van der Waals surface area contributed by atoms with Crippen LogP contribution in [0.1, 0.15) is 31.8 Å². The molecule has 0 spiro atoms. The Balaban J connectivity index is 1.15. The molecule has 54 heavy (non-hydrogen) atoms. The Bertz CT molecular complexity index is 2600. The summed E-state index contributed by atoms with van der Waals surface area (Å²) in [6, 6.07) is 22.9. The predicted molar refractivity (Wildman–Crippen MR) is 202 cm³/mol. The molecule has 0 aliphatic rings. The summed E-state index contributed by atoms with van der Waals surface area (Å²) in [5, 5.41) is 33.1. The minimum absolute atomic E-state index is 0.106. The van der Waals surface area contributed by atoms with E-state index in [0.29, 0.717) is 44.0 Å². The van der Waals surface area contributed by atoms with Crippen LogP contribution in [-0.2, 0) is 20.2 Å². The summed E-state index contributed by atoms with van der Waals surface area (Å²) in [5.41, 5.74) is 1.37. The molecular weight excluding hydrogens is 741 g/mol. The Kier molecular flexibility index (Phi) is 9.74.